The summed E-state index contributed by atoms with van der Waals surface area (Å²) >= 11 is 6.23. The average Bonchev–Trinajstić information content (AvgIpc) is 3.20. The van der Waals surface area contributed by atoms with Crippen molar-refractivity contribution in [2.45, 2.75) is 24.7 Å². The molecular formula is C22H23ClN4O4S. The number of sulfonamides is 1. The van der Waals surface area contributed by atoms with E-state index in [1.165, 1.54) is 28.6 Å². The summed E-state index contributed by atoms with van der Waals surface area (Å²) in [6.45, 7) is 5.79. The van der Waals surface area contributed by atoms with Gasteiger partial charge in [-0.3, -0.25) is 9.10 Å². The highest BCUT2D eigenvalue weighted by molar-refractivity contribution is 7.93. The third kappa shape index (κ3) is 5.54. The van der Waals surface area contributed by atoms with Gasteiger partial charge < -0.3 is 9.84 Å². The molecule has 1 heterocycles. The number of benzene rings is 2. The molecule has 2 aromatic carbocycles. The highest BCUT2D eigenvalue weighted by atomic mass is 35.5. The zero-order valence-electron chi connectivity index (χ0n) is 17.5. The van der Waals surface area contributed by atoms with Gasteiger partial charge in [0.1, 0.15) is 4.90 Å². The molecule has 1 aromatic heterocycles. The minimum absolute atomic E-state index is 0.0262. The molecule has 3 rings (SSSR count). The van der Waals surface area contributed by atoms with Gasteiger partial charge in [-0.25, -0.2) is 8.42 Å². The molecule has 3 aromatic rings. The Kier molecular flexibility index (Phi) is 7.66. The summed E-state index contributed by atoms with van der Waals surface area (Å²) < 4.78 is 33.0. The summed E-state index contributed by atoms with van der Waals surface area (Å²) in [4.78, 5) is 16.5. The first-order chi connectivity index (χ1) is 15.3. The van der Waals surface area contributed by atoms with Crippen molar-refractivity contribution >= 4 is 33.2 Å². The van der Waals surface area contributed by atoms with Gasteiger partial charge in [-0.2, -0.15) is 4.98 Å². The Hall–Kier alpha value is -3.17. The molecule has 168 valence electrons. The highest BCUT2D eigenvalue weighted by Crippen LogP contribution is 2.29. The Morgan fingerprint density at radius 2 is 2.00 bits per heavy atom. The molecule has 0 saturated carbocycles. The Labute approximate surface area is 191 Å². The Balaban J connectivity index is 1.76. The number of halogens is 1. The molecule has 0 bridgehead atoms. The second kappa shape index (κ2) is 10.4. The molecule has 1 amide bonds. The van der Waals surface area contributed by atoms with Crippen LogP contribution < -0.4 is 9.62 Å². The summed E-state index contributed by atoms with van der Waals surface area (Å²) in [6, 6.07) is 12.8. The van der Waals surface area contributed by atoms with Crippen LogP contribution in [0.1, 0.15) is 28.5 Å². The third-order valence-electron chi connectivity index (χ3n) is 4.52. The average molecular weight is 475 g/mol. The summed E-state index contributed by atoms with van der Waals surface area (Å²) in [7, 11) is -4.04. The SMILES string of the molecule is C=CCN(c1ccccc1)S(=O)(=O)c1cc(C(=O)NCCCc2nc(C)no2)ccc1Cl. The first-order valence-corrected chi connectivity index (χ1v) is 11.7. The van der Waals surface area contributed by atoms with Crippen LogP contribution in [0.15, 0.2) is 70.6 Å². The fourth-order valence-corrected chi connectivity index (χ4v) is 4.94. The lowest BCUT2D eigenvalue weighted by Gasteiger charge is -2.24. The smallest absolute Gasteiger partial charge is 0.266 e. The molecule has 0 saturated heterocycles. The Bertz CT molecular complexity index is 1200. The van der Waals surface area contributed by atoms with E-state index in [-0.39, 0.29) is 22.0 Å². The monoisotopic (exact) mass is 474 g/mol. The lowest BCUT2D eigenvalue weighted by Crippen LogP contribution is -2.32. The van der Waals surface area contributed by atoms with Crippen molar-refractivity contribution in [1.82, 2.24) is 15.5 Å². The van der Waals surface area contributed by atoms with E-state index in [0.29, 0.717) is 36.8 Å². The summed E-state index contributed by atoms with van der Waals surface area (Å²) in [5.41, 5.74) is 0.655. The van der Waals surface area contributed by atoms with E-state index in [1.54, 1.807) is 37.3 Å². The van der Waals surface area contributed by atoms with E-state index in [9.17, 15) is 13.2 Å². The number of aryl methyl sites for hydroxylation is 2. The Morgan fingerprint density at radius 1 is 1.25 bits per heavy atom. The van der Waals surface area contributed by atoms with Gasteiger partial charge in [-0.05, 0) is 43.7 Å². The first kappa shape index (κ1) is 23.5. The maximum atomic E-state index is 13.4. The number of carbonyl (C=O) groups is 1. The van der Waals surface area contributed by atoms with Crippen LogP contribution in [0.2, 0.25) is 5.02 Å². The standard InChI is InChI=1S/C22H23ClN4O4S/c1-3-14-27(18-8-5-4-6-9-18)32(29,30)20-15-17(11-12-19(20)23)22(28)24-13-7-10-21-25-16(2)26-31-21/h3-6,8-9,11-12,15H,1,7,10,13-14H2,2H3,(H,24,28). The predicted molar refractivity (Wildman–Crippen MR) is 122 cm³/mol. The van der Waals surface area contributed by atoms with Crippen LogP contribution in [-0.2, 0) is 16.4 Å². The second-order valence-electron chi connectivity index (χ2n) is 6.90. The van der Waals surface area contributed by atoms with Gasteiger partial charge in [0.2, 0.25) is 5.89 Å². The number of amides is 1. The molecule has 0 atom stereocenters. The summed E-state index contributed by atoms with van der Waals surface area (Å²) in [5.74, 6) is 0.648. The molecule has 0 fully saturated rings. The van der Waals surface area contributed by atoms with Crippen molar-refractivity contribution in [3.8, 4) is 0 Å². The van der Waals surface area contributed by atoms with Gasteiger partial charge in [0.25, 0.3) is 15.9 Å². The van der Waals surface area contributed by atoms with Crippen LogP contribution in [0.25, 0.3) is 0 Å². The van der Waals surface area contributed by atoms with E-state index < -0.39 is 15.9 Å². The van der Waals surface area contributed by atoms with Gasteiger partial charge in [0, 0.05) is 18.5 Å². The molecule has 32 heavy (non-hydrogen) atoms. The Morgan fingerprint density at radius 3 is 2.66 bits per heavy atom. The number of hydrogen-bond donors (Lipinski definition) is 1. The van der Waals surface area contributed by atoms with Crippen molar-refractivity contribution in [3.05, 3.63) is 83.5 Å². The van der Waals surface area contributed by atoms with Crippen molar-refractivity contribution in [2.24, 2.45) is 0 Å². The summed E-state index contributed by atoms with van der Waals surface area (Å²) in [6.07, 6.45) is 2.60. The van der Waals surface area contributed by atoms with E-state index >= 15 is 0 Å². The van der Waals surface area contributed by atoms with Gasteiger partial charge in [0.15, 0.2) is 5.82 Å². The molecule has 0 aliphatic carbocycles. The van der Waals surface area contributed by atoms with Crippen molar-refractivity contribution in [3.63, 3.8) is 0 Å². The van der Waals surface area contributed by atoms with Crippen molar-refractivity contribution in [2.75, 3.05) is 17.4 Å². The fourth-order valence-electron chi connectivity index (χ4n) is 3.00. The molecule has 0 spiro atoms. The van der Waals surface area contributed by atoms with Crippen LogP contribution >= 0.6 is 11.6 Å². The predicted octanol–water partition coefficient (Wildman–Crippen LogP) is 3.78. The number of carbonyl (C=O) groups excluding carboxylic acids is 1. The largest absolute Gasteiger partial charge is 0.352 e. The fraction of sp³-hybridized carbons (Fsp3) is 0.227. The van der Waals surface area contributed by atoms with Crippen LogP contribution in [0, 0.1) is 6.92 Å². The number of para-hydroxylation sites is 1. The van der Waals surface area contributed by atoms with Gasteiger partial charge in [-0.1, -0.05) is 41.0 Å². The third-order valence-corrected chi connectivity index (χ3v) is 6.80. The minimum atomic E-state index is -4.04. The maximum Gasteiger partial charge on any atom is 0.266 e. The van der Waals surface area contributed by atoms with Crippen molar-refractivity contribution in [1.29, 1.82) is 0 Å². The van der Waals surface area contributed by atoms with Gasteiger partial charge >= 0.3 is 0 Å². The number of nitrogens with one attached hydrogen (secondary N) is 1. The lowest BCUT2D eigenvalue weighted by atomic mass is 10.2. The normalized spacial score (nSPS) is 11.2. The van der Waals surface area contributed by atoms with Gasteiger partial charge in [-0.15, -0.1) is 6.58 Å². The molecule has 10 heteroatoms. The molecule has 0 aliphatic heterocycles. The molecule has 0 unspecified atom stereocenters. The van der Waals surface area contributed by atoms with E-state index in [1.807, 2.05) is 0 Å². The van der Waals surface area contributed by atoms with Gasteiger partial charge in [0.05, 0.1) is 17.3 Å². The topological polar surface area (TPSA) is 105 Å². The number of rotatable bonds is 10. The lowest BCUT2D eigenvalue weighted by molar-refractivity contribution is 0.0952. The zero-order chi connectivity index (χ0) is 23.1. The van der Waals surface area contributed by atoms with Crippen LogP contribution in [0.3, 0.4) is 0 Å². The number of aromatic nitrogens is 2. The maximum absolute atomic E-state index is 13.4. The van der Waals surface area contributed by atoms with Crippen LogP contribution in [0.4, 0.5) is 5.69 Å². The van der Waals surface area contributed by atoms with E-state index in [4.69, 9.17) is 16.1 Å². The number of anilines is 1. The first-order valence-electron chi connectivity index (χ1n) is 9.88. The number of nitrogens with zero attached hydrogens (tertiary/aromatic N) is 3. The quantitative estimate of drug-likeness (QED) is 0.354. The molecular weight excluding hydrogens is 452 g/mol. The summed E-state index contributed by atoms with van der Waals surface area (Å²) in [5, 5.41) is 6.51. The zero-order valence-corrected chi connectivity index (χ0v) is 19.1. The molecule has 1 N–H and O–H groups in total. The van der Waals surface area contributed by atoms with Crippen LogP contribution in [-0.4, -0.2) is 37.6 Å². The molecule has 0 radical (unpaired) electrons. The van der Waals surface area contributed by atoms with E-state index in [2.05, 4.69) is 22.0 Å². The van der Waals surface area contributed by atoms with Crippen LogP contribution in [0.5, 0.6) is 0 Å². The second-order valence-corrected chi connectivity index (χ2v) is 9.14. The number of hydrogen-bond acceptors (Lipinski definition) is 6. The molecule has 8 nitrogen and oxygen atoms in total. The minimum Gasteiger partial charge on any atom is -0.352 e. The van der Waals surface area contributed by atoms with Crippen molar-refractivity contribution < 1.29 is 17.7 Å². The molecule has 0 aliphatic rings. The highest BCUT2D eigenvalue weighted by Gasteiger charge is 2.27. The van der Waals surface area contributed by atoms with E-state index in [0.717, 1.165) is 0 Å².